The quantitative estimate of drug-likeness (QED) is 0.136. The molecule has 0 spiro atoms. The number of carbonyl (C=O) groups is 2. The molecule has 12 rings (SSSR count). The standard InChI is InChI=1S/C25H21FN2O2S.C25H22N2O3S.2C7H8/c26-19-12-10-17(11-13-19)24-27-22-23(30-24)21-9-5-4-6-18(21)16-28(25(22)29)14-15-31-20-7-2-1-3-8-20;28-19-12-10-17(11-13-19)24-26-22-23(30-24)21-9-5-4-6-18(21)16-27(25(22)29)14-15-31-20-7-2-1-3-8-20;2*1-7-5-3-2-4-6-7/h1-13,22-23H,14-16H2;1-13,22-23,28H,14-16H2;2*2-6H,1H3. The van der Waals surface area contributed by atoms with Crippen LogP contribution in [0, 0.1) is 19.7 Å². The second-order valence-corrected chi connectivity index (χ2v) is 20.8. The minimum atomic E-state index is -0.634. The summed E-state index contributed by atoms with van der Waals surface area (Å²) in [5.74, 6) is 2.25. The lowest BCUT2D eigenvalue weighted by atomic mass is 9.99. The fourth-order valence-electron chi connectivity index (χ4n) is 9.02. The average molecular weight is 1050 g/mol. The molecule has 9 nitrogen and oxygen atoms in total. The average Bonchev–Trinajstić information content (AvgIpc) is 4.08. The Morgan fingerprint density at radius 3 is 1.22 bits per heavy atom. The number of nitrogens with zero attached hydrogens (tertiary/aromatic N) is 4. The van der Waals surface area contributed by atoms with E-state index in [9.17, 15) is 19.1 Å². The second kappa shape index (κ2) is 26.0. The van der Waals surface area contributed by atoms with Gasteiger partial charge in [0.25, 0.3) is 11.8 Å². The molecule has 76 heavy (non-hydrogen) atoms. The molecule has 8 aromatic rings. The van der Waals surface area contributed by atoms with Crippen LogP contribution in [0.1, 0.15) is 56.7 Å². The van der Waals surface area contributed by atoms with Gasteiger partial charge in [-0.2, -0.15) is 0 Å². The molecule has 4 heterocycles. The van der Waals surface area contributed by atoms with Crippen LogP contribution in [-0.4, -0.2) is 75.2 Å². The number of halogens is 1. The predicted octanol–water partition coefficient (Wildman–Crippen LogP) is 13.3. The van der Waals surface area contributed by atoms with Crippen molar-refractivity contribution in [2.45, 2.75) is 61.0 Å². The number of ether oxygens (including phenoxy) is 2. The van der Waals surface area contributed by atoms with Gasteiger partial charge in [-0.3, -0.25) is 9.59 Å². The summed E-state index contributed by atoms with van der Waals surface area (Å²) < 4.78 is 25.7. The lowest BCUT2D eigenvalue weighted by molar-refractivity contribution is -0.134. The number of aromatic hydroxyl groups is 1. The normalized spacial score (nSPS) is 17.8. The molecule has 0 fully saturated rings. The fourth-order valence-corrected chi connectivity index (χ4v) is 10.8. The maximum Gasteiger partial charge on any atom is 0.252 e. The number of thioether (sulfide) groups is 2. The highest BCUT2D eigenvalue weighted by atomic mass is 32.2. The van der Waals surface area contributed by atoms with Crippen LogP contribution in [0.3, 0.4) is 0 Å². The van der Waals surface area contributed by atoms with Crippen LogP contribution in [0.25, 0.3) is 0 Å². The highest BCUT2D eigenvalue weighted by Gasteiger charge is 2.45. The van der Waals surface area contributed by atoms with Crippen molar-refractivity contribution in [2.24, 2.45) is 9.98 Å². The van der Waals surface area contributed by atoms with Gasteiger partial charge in [0.2, 0.25) is 11.8 Å². The molecule has 0 aliphatic carbocycles. The van der Waals surface area contributed by atoms with Gasteiger partial charge >= 0.3 is 0 Å². The third-order valence-corrected chi connectivity index (χ3v) is 15.0. The van der Waals surface area contributed by atoms with E-state index in [4.69, 9.17) is 9.47 Å². The molecule has 0 aromatic heterocycles. The van der Waals surface area contributed by atoms with Crippen molar-refractivity contribution in [1.82, 2.24) is 9.80 Å². The first kappa shape index (κ1) is 52.9. The Hall–Kier alpha value is -7.93. The molecule has 384 valence electrons. The van der Waals surface area contributed by atoms with Gasteiger partial charge in [0, 0.05) is 69.7 Å². The van der Waals surface area contributed by atoms with Crippen LogP contribution in [0.15, 0.2) is 238 Å². The Kier molecular flexibility index (Phi) is 18.1. The summed E-state index contributed by atoms with van der Waals surface area (Å²) in [4.78, 5) is 42.4. The van der Waals surface area contributed by atoms with Gasteiger partial charge in [-0.05, 0) is 97.8 Å². The molecular formula is C64H59FN4O5S2. The summed E-state index contributed by atoms with van der Waals surface area (Å²) in [7, 11) is 0. The van der Waals surface area contributed by atoms with Crippen molar-refractivity contribution in [1.29, 1.82) is 0 Å². The number of benzene rings is 8. The fraction of sp³-hybridized carbons (Fsp3) is 0.188. The van der Waals surface area contributed by atoms with Gasteiger partial charge in [0.05, 0.1) is 0 Å². The first-order chi connectivity index (χ1) is 37.2. The molecule has 0 saturated heterocycles. The van der Waals surface area contributed by atoms with Crippen molar-refractivity contribution in [3.63, 3.8) is 0 Å². The molecule has 4 atom stereocenters. The van der Waals surface area contributed by atoms with E-state index in [1.54, 1.807) is 59.9 Å². The number of fused-ring (bicyclic) bond motifs is 6. The smallest absolute Gasteiger partial charge is 0.252 e. The van der Waals surface area contributed by atoms with E-state index in [1.165, 1.54) is 33.1 Å². The number of amides is 2. The highest BCUT2D eigenvalue weighted by Crippen LogP contribution is 2.39. The molecule has 0 saturated carbocycles. The number of phenols is 1. The minimum absolute atomic E-state index is 0.0105. The minimum Gasteiger partial charge on any atom is -0.508 e. The second-order valence-electron chi connectivity index (χ2n) is 18.4. The molecule has 2 amide bonds. The molecule has 8 aromatic carbocycles. The molecule has 4 aliphatic heterocycles. The van der Waals surface area contributed by atoms with Gasteiger partial charge in [-0.1, -0.05) is 157 Å². The van der Waals surface area contributed by atoms with Crippen molar-refractivity contribution in [3.05, 3.63) is 269 Å². The number of rotatable bonds is 10. The molecule has 0 bridgehead atoms. The number of aliphatic imine (C=N–C) groups is 2. The van der Waals surface area contributed by atoms with Gasteiger partial charge in [-0.25, -0.2) is 14.4 Å². The molecule has 4 unspecified atom stereocenters. The van der Waals surface area contributed by atoms with E-state index in [0.29, 0.717) is 43.5 Å². The monoisotopic (exact) mass is 1050 g/mol. The van der Waals surface area contributed by atoms with Gasteiger partial charge in [-0.15, -0.1) is 23.5 Å². The van der Waals surface area contributed by atoms with Crippen molar-refractivity contribution in [2.75, 3.05) is 24.6 Å². The van der Waals surface area contributed by atoms with Crippen molar-refractivity contribution < 1.29 is 28.6 Å². The zero-order valence-electron chi connectivity index (χ0n) is 42.4. The first-order valence-corrected chi connectivity index (χ1v) is 27.3. The molecule has 12 heteroatoms. The Labute approximate surface area is 453 Å². The first-order valence-electron chi connectivity index (χ1n) is 25.3. The van der Waals surface area contributed by atoms with Gasteiger partial charge < -0.3 is 24.4 Å². The van der Waals surface area contributed by atoms with Crippen LogP contribution in [-0.2, 0) is 32.2 Å². The molecule has 1 N–H and O–H groups in total. The SMILES string of the molecule is Cc1ccccc1.Cc1ccccc1.O=C1C2N=C(c3ccc(F)cc3)OC2c2ccccc2CN1CCSc1ccccc1.O=C1C2N=C(c3ccc(O)cc3)OC2c2ccccc2CN1CCSc1ccccc1. The molecule has 4 aliphatic rings. The van der Waals surface area contributed by atoms with Crippen molar-refractivity contribution >= 4 is 47.1 Å². The third kappa shape index (κ3) is 13.9. The molecule has 0 radical (unpaired) electrons. The van der Waals surface area contributed by atoms with E-state index in [0.717, 1.165) is 39.3 Å². The number of aryl methyl sites for hydroxylation is 2. The largest absolute Gasteiger partial charge is 0.508 e. The topological polar surface area (TPSA) is 104 Å². The molecular weight excluding hydrogens is 988 g/mol. The zero-order valence-corrected chi connectivity index (χ0v) is 44.0. The summed E-state index contributed by atoms with van der Waals surface area (Å²) in [6, 6.07) is 68.4. The Bertz CT molecular complexity index is 3000. The summed E-state index contributed by atoms with van der Waals surface area (Å²) >= 11 is 3.48. The number of hydrogen-bond acceptors (Lipinski definition) is 9. The summed E-state index contributed by atoms with van der Waals surface area (Å²) in [6.45, 7) is 6.53. The maximum absolute atomic E-state index is 13.5. The van der Waals surface area contributed by atoms with Crippen LogP contribution < -0.4 is 0 Å². The maximum atomic E-state index is 13.5. The van der Waals surface area contributed by atoms with Crippen LogP contribution in [0.5, 0.6) is 5.75 Å². The van der Waals surface area contributed by atoms with Crippen molar-refractivity contribution in [3.8, 4) is 5.75 Å². The van der Waals surface area contributed by atoms with E-state index >= 15 is 0 Å². The summed E-state index contributed by atoms with van der Waals surface area (Å²) in [5.41, 5.74) is 8.23. The number of carbonyl (C=O) groups excluding carboxylic acids is 2. The highest BCUT2D eigenvalue weighted by molar-refractivity contribution is 7.99. The third-order valence-electron chi connectivity index (χ3n) is 13.0. The lowest BCUT2D eigenvalue weighted by Crippen LogP contribution is -2.38. The Balaban J connectivity index is 0.000000148. The van der Waals surface area contributed by atoms with E-state index in [1.807, 2.05) is 125 Å². The predicted molar refractivity (Wildman–Crippen MR) is 303 cm³/mol. The zero-order chi connectivity index (χ0) is 52.6. The van der Waals surface area contributed by atoms with Crippen LogP contribution in [0.2, 0.25) is 0 Å². The van der Waals surface area contributed by atoms with Gasteiger partial charge in [0.1, 0.15) is 11.6 Å². The van der Waals surface area contributed by atoms with Crippen LogP contribution >= 0.6 is 23.5 Å². The number of phenolic OH excluding ortho intramolecular Hbond substituents is 1. The number of hydrogen-bond donors (Lipinski definition) is 1. The van der Waals surface area contributed by atoms with E-state index in [2.05, 4.69) is 78.4 Å². The lowest BCUT2D eigenvalue weighted by Gasteiger charge is -2.22. The summed E-state index contributed by atoms with van der Waals surface area (Å²) in [6.07, 6.45) is -0.894. The Morgan fingerprint density at radius 2 is 0.842 bits per heavy atom. The Morgan fingerprint density at radius 1 is 0.487 bits per heavy atom. The van der Waals surface area contributed by atoms with Gasteiger partial charge in [0.15, 0.2) is 24.3 Å². The van der Waals surface area contributed by atoms with Crippen LogP contribution in [0.4, 0.5) is 4.39 Å². The van der Waals surface area contributed by atoms with E-state index in [-0.39, 0.29) is 23.4 Å². The summed E-state index contributed by atoms with van der Waals surface area (Å²) in [5, 5.41) is 9.57. The van der Waals surface area contributed by atoms with E-state index < -0.39 is 24.3 Å².